The van der Waals surface area contributed by atoms with E-state index in [1.54, 1.807) is 0 Å². The van der Waals surface area contributed by atoms with Crippen molar-refractivity contribution in [3.05, 3.63) is 46.3 Å². The summed E-state index contributed by atoms with van der Waals surface area (Å²) >= 11 is 0. The standard InChI is InChI=1S/C13H11N3O2/c14-16-15-10-13(9-7-12(17)18-13)8-6-11-4-2-1-3-5-11/h1-5H,7,9-10H2/t13-/m1/s1. The molecule has 1 fully saturated rings. The topological polar surface area (TPSA) is 75.1 Å². The Hall–Kier alpha value is -2.44. The molecule has 0 spiro atoms. The van der Waals surface area contributed by atoms with Gasteiger partial charge in [-0.3, -0.25) is 4.79 Å². The maximum Gasteiger partial charge on any atom is 0.307 e. The minimum Gasteiger partial charge on any atom is -0.446 e. The number of azide groups is 1. The fraction of sp³-hybridized carbons (Fsp3) is 0.308. The normalized spacial score (nSPS) is 21.4. The lowest BCUT2D eigenvalue weighted by Crippen LogP contribution is -2.30. The summed E-state index contributed by atoms with van der Waals surface area (Å²) in [6.45, 7) is 0.0507. The Bertz CT molecular complexity index is 553. The first-order valence-corrected chi connectivity index (χ1v) is 5.55. The lowest BCUT2D eigenvalue weighted by molar-refractivity contribution is -0.144. The SMILES string of the molecule is [N-]=[N+]=NC[C@@]1(C#Cc2ccccc2)CCC(=O)O1. The van der Waals surface area contributed by atoms with Gasteiger partial charge in [-0.2, -0.15) is 0 Å². The largest absolute Gasteiger partial charge is 0.446 e. The van der Waals surface area contributed by atoms with E-state index < -0.39 is 5.60 Å². The van der Waals surface area contributed by atoms with Gasteiger partial charge in [-0.1, -0.05) is 29.2 Å². The number of ether oxygens (including phenoxy) is 1. The van der Waals surface area contributed by atoms with Crippen molar-refractivity contribution in [1.29, 1.82) is 0 Å². The highest BCUT2D eigenvalue weighted by Crippen LogP contribution is 2.26. The molecule has 0 unspecified atom stereocenters. The van der Waals surface area contributed by atoms with Crippen molar-refractivity contribution >= 4 is 5.97 Å². The fourth-order valence-electron chi connectivity index (χ4n) is 1.72. The Morgan fingerprint density at radius 2 is 2.22 bits per heavy atom. The quantitative estimate of drug-likeness (QED) is 0.262. The Morgan fingerprint density at radius 1 is 1.44 bits per heavy atom. The molecule has 1 aliphatic heterocycles. The molecule has 1 saturated heterocycles. The zero-order chi connectivity index (χ0) is 12.8. The van der Waals surface area contributed by atoms with Crippen LogP contribution in [0.1, 0.15) is 18.4 Å². The van der Waals surface area contributed by atoms with E-state index in [-0.39, 0.29) is 12.5 Å². The first-order valence-electron chi connectivity index (χ1n) is 5.55. The number of carbonyl (C=O) groups is 1. The molecule has 1 aromatic rings. The third-order valence-electron chi connectivity index (χ3n) is 2.64. The Balaban J connectivity index is 2.24. The van der Waals surface area contributed by atoms with Crippen LogP contribution in [-0.2, 0) is 9.53 Å². The molecule has 0 amide bonds. The number of nitrogens with zero attached hydrogens (tertiary/aromatic N) is 3. The molecule has 0 N–H and O–H groups in total. The molecule has 0 bridgehead atoms. The van der Waals surface area contributed by atoms with E-state index in [0.717, 1.165) is 5.56 Å². The Labute approximate surface area is 104 Å². The van der Waals surface area contributed by atoms with E-state index in [4.69, 9.17) is 10.3 Å². The summed E-state index contributed by atoms with van der Waals surface area (Å²) in [6.07, 6.45) is 0.773. The summed E-state index contributed by atoms with van der Waals surface area (Å²) in [4.78, 5) is 13.9. The van der Waals surface area contributed by atoms with Gasteiger partial charge in [0.15, 0.2) is 5.60 Å². The van der Waals surface area contributed by atoms with Gasteiger partial charge in [0.2, 0.25) is 0 Å². The van der Waals surface area contributed by atoms with Crippen molar-refractivity contribution in [2.45, 2.75) is 18.4 Å². The van der Waals surface area contributed by atoms with E-state index in [9.17, 15) is 4.79 Å². The molecule has 18 heavy (non-hydrogen) atoms. The highest BCUT2D eigenvalue weighted by molar-refractivity contribution is 5.73. The van der Waals surface area contributed by atoms with Gasteiger partial charge in [0.25, 0.3) is 0 Å². The molecule has 1 aliphatic rings. The highest BCUT2D eigenvalue weighted by atomic mass is 16.6. The summed E-state index contributed by atoms with van der Waals surface area (Å²) in [6, 6.07) is 9.39. The Kier molecular flexibility index (Phi) is 3.52. The maximum atomic E-state index is 11.2. The van der Waals surface area contributed by atoms with Crippen LogP contribution in [0.25, 0.3) is 10.4 Å². The minimum absolute atomic E-state index is 0.0507. The molecule has 0 aliphatic carbocycles. The lowest BCUT2D eigenvalue weighted by Gasteiger charge is -2.18. The van der Waals surface area contributed by atoms with Gasteiger partial charge in [-0.25, -0.2) is 0 Å². The minimum atomic E-state index is -0.959. The first-order chi connectivity index (χ1) is 8.74. The molecule has 90 valence electrons. The smallest absolute Gasteiger partial charge is 0.307 e. The van der Waals surface area contributed by atoms with Crippen LogP contribution in [0, 0.1) is 11.8 Å². The van der Waals surface area contributed by atoms with E-state index in [1.165, 1.54) is 0 Å². The molecule has 5 heteroatoms. The van der Waals surface area contributed by atoms with Crippen LogP contribution in [0.5, 0.6) is 0 Å². The van der Waals surface area contributed by atoms with Crippen molar-refractivity contribution < 1.29 is 9.53 Å². The van der Waals surface area contributed by atoms with Gasteiger partial charge in [-0.05, 0) is 23.6 Å². The summed E-state index contributed by atoms with van der Waals surface area (Å²) in [5.41, 5.74) is 8.24. The van der Waals surface area contributed by atoms with Crippen molar-refractivity contribution in [3.63, 3.8) is 0 Å². The molecule has 0 radical (unpaired) electrons. The monoisotopic (exact) mass is 241 g/mol. The summed E-state index contributed by atoms with van der Waals surface area (Å²) in [5.74, 6) is 5.56. The summed E-state index contributed by atoms with van der Waals surface area (Å²) in [7, 11) is 0. The van der Waals surface area contributed by atoms with Gasteiger partial charge in [0.05, 0.1) is 13.0 Å². The summed E-state index contributed by atoms with van der Waals surface area (Å²) in [5, 5.41) is 3.47. The van der Waals surface area contributed by atoms with Gasteiger partial charge in [0.1, 0.15) is 0 Å². The number of cyclic esters (lactones) is 1. The zero-order valence-corrected chi connectivity index (χ0v) is 9.67. The number of hydrogen-bond donors (Lipinski definition) is 0. The molecule has 0 aromatic heterocycles. The molecule has 1 aromatic carbocycles. The van der Waals surface area contributed by atoms with Crippen molar-refractivity contribution in [1.82, 2.24) is 0 Å². The zero-order valence-electron chi connectivity index (χ0n) is 9.67. The van der Waals surface area contributed by atoms with E-state index in [2.05, 4.69) is 21.9 Å². The second kappa shape index (κ2) is 5.26. The van der Waals surface area contributed by atoms with Crippen molar-refractivity contribution in [2.24, 2.45) is 5.11 Å². The molecular formula is C13H11N3O2. The third-order valence-corrected chi connectivity index (χ3v) is 2.64. The van der Waals surface area contributed by atoms with Crippen molar-refractivity contribution in [2.75, 3.05) is 6.54 Å². The van der Waals surface area contributed by atoms with E-state index >= 15 is 0 Å². The average Bonchev–Trinajstić information content (AvgIpc) is 2.78. The molecule has 1 heterocycles. The first kappa shape index (κ1) is 12.0. The molecule has 0 saturated carbocycles. The van der Waals surface area contributed by atoms with E-state index in [1.807, 2.05) is 30.3 Å². The maximum absolute atomic E-state index is 11.2. The number of benzene rings is 1. The predicted octanol–water partition coefficient (Wildman–Crippen LogP) is 2.42. The molecule has 5 nitrogen and oxygen atoms in total. The van der Waals surface area contributed by atoms with Crippen LogP contribution >= 0.6 is 0 Å². The third kappa shape index (κ3) is 2.82. The predicted molar refractivity (Wildman–Crippen MR) is 65.4 cm³/mol. The van der Waals surface area contributed by atoms with Gasteiger partial charge in [-0.15, -0.1) is 0 Å². The van der Waals surface area contributed by atoms with Crippen LogP contribution in [0.15, 0.2) is 35.4 Å². The van der Waals surface area contributed by atoms with Gasteiger partial charge >= 0.3 is 5.97 Å². The number of hydrogen-bond acceptors (Lipinski definition) is 3. The molecule has 2 rings (SSSR count). The lowest BCUT2D eigenvalue weighted by atomic mass is 10.0. The average molecular weight is 241 g/mol. The molecule has 1 atom stereocenters. The number of rotatable bonds is 2. The Morgan fingerprint density at radius 3 is 2.83 bits per heavy atom. The second-order valence-electron chi connectivity index (χ2n) is 3.97. The number of esters is 1. The molecular weight excluding hydrogens is 230 g/mol. The summed E-state index contributed by atoms with van der Waals surface area (Å²) < 4.78 is 5.20. The fourth-order valence-corrected chi connectivity index (χ4v) is 1.72. The van der Waals surface area contributed by atoms with Crippen LogP contribution < -0.4 is 0 Å². The second-order valence-corrected chi connectivity index (χ2v) is 3.97. The van der Waals surface area contributed by atoms with Crippen LogP contribution in [0.3, 0.4) is 0 Å². The van der Waals surface area contributed by atoms with Gasteiger partial charge < -0.3 is 4.74 Å². The number of carbonyl (C=O) groups excluding carboxylic acids is 1. The van der Waals surface area contributed by atoms with E-state index in [0.29, 0.717) is 12.8 Å². The van der Waals surface area contributed by atoms with Crippen LogP contribution in [0.4, 0.5) is 0 Å². The van der Waals surface area contributed by atoms with Crippen LogP contribution in [-0.4, -0.2) is 18.1 Å². The van der Waals surface area contributed by atoms with Crippen molar-refractivity contribution in [3.8, 4) is 11.8 Å². The van der Waals surface area contributed by atoms with Crippen LogP contribution in [0.2, 0.25) is 0 Å². The van der Waals surface area contributed by atoms with Gasteiger partial charge in [0, 0.05) is 16.9 Å². The highest BCUT2D eigenvalue weighted by Gasteiger charge is 2.38.